The number of amides is 2. The molecule has 2 atom stereocenters. The lowest BCUT2D eigenvalue weighted by molar-refractivity contribution is -0.161. The molecule has 0 radical (unpaired) electrons. The molecule has 2 N–H and O–H groups in total. The Bertz CT molecular complexity index is 1300. The highest BCUT2D eigenvalue weighted by molar-refractivity contribution is 5.98. The first-order valence-electron chi connectivity index (χ1n) is 10.3. The second kappa shape index (κ2) is 6.74. The number of aromatic nitrogens is 1. The van der Waals surface area contributed by atoms with Crippen molar-refractivity contribution in [1.82, 2.24) is 14.8 Å². The van der Waals surface area contributed by atoms with Gasteiger partial charge in [-0.25, -0.2) is 0 Å². The van der Waals surface area contributed by atoms with E-state index in [2.05, 4.69) is 4.98 Å². The fraction of sp³-hybridized carbons (Fsp3) is 0.261. The van der Waals surface area contributed by atoms with Crippen molar-refractivity contribution in [2.75, 3.05) is 19.9 Å². The number of H-pyrrole nitrogens is 1. The fourth-order valence-corrected chi connectivity index (χ4v) is 5.05. The number of aromatic amines is 1. The molecule has 4 heterocycles. The summed E-state index contributed by atoms with van der Waals surface area (Å²) in [6, 6.07) is 12.0. The molecule has 3 aromatic rings. The van der Waals surface area contributed by atoms with Crippen molar-refractivity contribution in [3.05, 3.63) is 59.3 Å². The Kier molecular flexibility index (Phi) is 3.95. The highest BCUT2D eigenvalue weighted by Gasteiger charge is 2.48. The average molecular weight is 433 g/mol. The van der Waals surface area contributed by atoms with E-state index >= 15 is 0 Å². The molecule has 0 bridgehead atoms. The van der Waals surface area contributed by atoms with Crippen molar-refractivity contribution in [2.24, 2.45) is 0 Å². The number of piperazine rings is 1. The molecule has 1 fully saturated rings. The zero-order chi connectivity index (χ0) is 22.0. The van der Waals surface area contributed by atoms with Crippen LogP contribution in [0.2, 0.25) is 0 Å². The number of hydrogen-bond donors (Lipinski definition) is 2. The molecular formula is C23H19N3O6. The number of rotatable bonds is 3. The van der Waals surface area contributed by atoms with Crippen LogP contribution in [-0.2, 0) is 20.8 Å². The number of aliphatic carboxylic acids is 1. The van der Waals surface area contributed by atoms with Crippen LogP contribution in [0.25, 0.3) is 10.9 Å². The van der Waals surface area contributed by atoms with Gasteiger partial charge in [-0.2, -0.15) is 0 Å². The van der Waals surface area contributed by atoms with E-state index in [4.69, 9.17) is 9.47 Å². The third-order valence-corrected chi connectivity index (χ3v) is 6.38. The lowest BCUT2D eigenvalue weighted by Crippen LogP contribution is -2.63. The summed E-state index contributed by atoms with van der Waals surface area (Å²) in [4.78, 5) is 44.0. The van der Waals surface area contributed by atoms with E-state index in [0.717, 1.165) is 32.6 Å². The highest BCUT2D eigenvalue weighted by atomic mass is 16.7. The van der Waals surface area contributed by atoms with Gasteiger partial charge in [0.25, 0.3) is 0 Å². The normalized spacial score (nSPS) is 21.6. The number of carboxylic acids is 1. The van der Waals surface area contributed by atoms with Gasteiger partial charge in [0.15, 0.2) is 11.5 Å². The van der Waals surface area contributed by atoms with E-state index in [-0.39, 0.29) is 25.2 Å². The Morgan fingerprint density at radius 3 is 2.78 bits per heavy atom. The van der Waals surface area contributed by atoms with Gasteiger partial charge in [-0.3, -0.25) is 14.4 Å². The van der Waals surface area contributed by atoms with Crippen molar-refractivity contribution < 1.29 is 29.0 Å². The van der Waals surface area contributed by atoms with Gasteiger partial charge in [-0.05, 0) is 29.3 Å². The van der Waals surface area contributed by atoms with Crippen LogP contribution in [-0.4, -0.2) is 63.6 Å². The van der Waals surface area contributed by atoms with Crippen LogP contribution < -0.4 is 9.47 Å². The number of carbonyl (C=O) groups excluding carboxylic acids is 2. The Balaban J connectivity index is 1.53. The van der Waals surface area contributed by atoms with Crippen LogP contribution in [0.3, 0.4) is 0 Å². The smallest absolute Gasteiger partial charge is 0.323 e. The summed E-state index contributed by atoms with van der Waals surface area (Å²) >= 11 is 0. The van der Waals surface area contributed by atoms with E-state index in [9.17, 15) is 19.5 Å². The summed E-state index contributed by atoms with van der Waals surface area (Å²) in [5.74, 6) is -0.566. The first-order valence-corrected chi connectivity index (χ1v) is 10.3. The molecule has 9 heteroatoms. The maximum absolute atomic E-state index is 13.3. The maximum Gasteiger partial charge on any atom is 0.323 e. The van der Waals surface area contributed by atoms with Gasteiger partial charge in [0.1, 0.15) is 19.1 Å². The molecule has 0 aliphatic carbocycles. The fourth-order valence-electron chi connectivity index (χ4n) is 5.05. The lowest BCUT2D eigenvalue weighted by atomic mass is 9.86. The molecule has 32 heavy (non-hydrogen) atoms. The second-order valence-corrected chi connectivity index (χ2v) is 8.19. The molecule has 0 unspecified atom stereocenters. The third kappa shape index (κ3) is 2.67. The van der Waals surface area contributed by atoms with Gasteiger partial charge in [0.2, 0.25) is 18.6 Å². The number of benzene rings is 2. The SMILES string of the molecule is O=C(O)CN1CC(=O)N2[C@H](c3ccc4c(c3)OCO4)c3[nH]c4ccccc4c3C[C@@H]2C1=O. The molecule has 2 aromatic carbocycles. The van der Waals surface area contributed by atoms with E-state index < -0.39 is 24.6 Å². The number of carboxylic acid groups (broad SMARTS) is 1. The predicted molar refractivity (Wildman–Crippen MR) is 111 cm³/mol. The van der Waals surface area contributed by atoms with Gasteiger partial charge in [-0.1, -0.05) is 24.3 Å². The molecule has 9 nitrogen and oxygen atoms in total. The molecule has 1 aromatic heterocycles. The topological polar surface area (TPSA) is 112 Å². The Morgan fingerprint density at radius 1 is 1.12 bits per heavy atom. The van der Waals surface area contributed by atoms with E-state index in [0.29, 0.717) is 17.9 Å². The molecule has 3 aliphatic heterocycles. The predicted octanol–water partition coefficient (Wildman–Crippen LogP) is 1.67. The van der Waals surface area contributed by atoms with Crippen LogP contribution in [0, 0.1) is 0 Å². The summed E-state index contributed by atoms with van der Waals surface area (Å²) in [6.45, 7) is -0.627. The molecule has 6 rings (SSSR count). The Labute approximate surface area is 182 Å². The zero-order valence-electron chi connectivity index (χ0n) is 16.9. The second-order valence-electron chi connectivity index (χ2n) is 8.19. The largest absolute Gasteiger partial charge is 0.480 e. The minimum atomic E-state index is -1.14. The average Bonchev–Trinajstić information content (AvgIpc) is 3.39. The van der Waals surface area contributed by atoms with E-state index in [1.807, 2.05) is 36.4 Å². The number of fused-ring (bicyclic) bond motifs is 5. The van der Waals surface area contributed by atoms with Crippen molar-refractivity contribution >= 4 is 28.7 Å². The molecular weight excluding hydrogens is 414 g/mol. The van der Waals surface area contributed by atoms with Gasteiger partial charge in [0.05, 0.1) is 6.04 Å². The molecule has 0 saturated carbocycles. The van der Waals surface area contributed by atoms with Gasteiger partial charge >= 0.3 is 5.97 Å². The van der Waals surface area contributed by atoms with Crippen molar-refractivity contribution in [3.8, 4) is 11.5 Å². The molecule has 0 spiro atoms. The summed E-state index contributed by atoms with van der Waals surface area (Å²) in [5, 5.41) is 10.2. The third-order valence-electron chi connectivity index (χ3n) is 6.38. The number of hydrogen-bond acceptors (Lipinski definition) is 5. The molecule has 1 saturated heterocycles. The van der Waals surface area contributed by atoms with Gasteiger partial charge in [0, 0.05) is 23.0 Å². The van der Waals surface area contributed by atoms with Crippen molar-refractivity contribution in [2.45, 2.75) is 18.5 Å². The minimum Gasteiger partial charge on any atom is -0.480 e. The van der Waals surface area contributed by atoms with E-state index in [1.54, 1.807) is 11.0 Å². The Hall–Kier alpha value is -4.01. The number of ether oxygens (including phenoxy) is 2. The monoisotopic (exact) mass is 433 g/mol. The van der Waals surface area contributed by atoms with Crippen molar-refractivity contribution in [3.63, 3.8) is 0 Å². The molecule has 2 amide bonds. The number of carbonyl (C=O) groups is 3. The van der Waals surface area contributed by atoms with Crippen LogP contribution >= 0.6 is 0 Å². The quantitative estimate of drug-likeness (QED) is 0.650. The summed E-state index contributed by atoms with van der Waals surface area (Å²) < 4.78 is 11.0. The maximum atomic E-state index is 13.3. The standard InChI is InChI=1S/C23H19N3O6/c27-19-9-25(10-20(28)29)23(30)16-8-14-13-3-1-2-4-15(13)24-21(14)22(26(16)19)12-5-6-17-18(7-12)32-11-31-17/h1-7,16,22,24H,8-11H2,(H,28,29)/t16-,22-/m1/s1. The van der Waals surface area contributed by atoms with Crippen LogP contribution in [0.4, 0.5) is 0 Å². The van der Waals surface area contributed by atoms with Gasteiger partial charge < -0.3 is 29.4 Å². The molecule has 3 aliphatic rings. The highest BCUT2D eigenvalue weighted by Crippen LogP contribution is 2.44. The van der Waals surface area contributed by atoms with Crippen molar-refractivity contribution in [1.29, 1.82) is 0 Å². The summed E-state index contributed by atoms with van der Waals surface area (Å²) in [6.07, 6.45) is 0.321. The number of nitrogens with one attached hydrogen (secondary N) is 1. The lowest BCUT2D eigenvalue weighted by Gasteiger charge is -2.46. The first-order chi connectivity index (χ1) is 15.5. The van der Waals surface area contributed by atoms with Crippen LogP contribution in [0.15, 0.2) is 42.5 Å². The van der Waals surface area contributed by atoms with Crippen LogP contribution in [0.1, 0.15) is 22.9 Å². The first kappa shape index (κ1) is 18.7. The number of para-hydroxylation sites is 1. The van der Waals surface area contributed by atoms with Gasteiger partial charge in [-0.15, -0.1) is 0 Å². The summed E-state index contributed by atoms with van der Waals surface area (Å²) in [5.41, 5.74) is 3.53. The summed E-state index contributed by atoms with van der Waals surface area (Å²) in [7, 11) is 0. The Morgan fingerprint density at radius 2 is 1.94 bits per heavy atom. The molecule has 162 valence electrons. The number of nitrogens with zero attached hydrogens (tertiary/aromatic N) is 2. The minimum absolute atomic E-state index is 0.134. The zero-order valence-corrected chi connectivity index (χ0v) is 16.9. The van der Waals surface area contributed by atoms with E-state index in [1.165, 1.54) is 0 Å². The van der Waals surface area contributed by atoms with Crippen LogP contribution in [0.5, 0.6) is 11.5 Å².